The summed E-state index contributed by atoms with van der Waals surface area (Å²) in [5.41, 5.74) is 1.90. The number of hydrogen-bond acceptors (Lipinski definition) is 6. The first-order valence-electron chi connectivity index (χ1n) is 8.75. The number of anilines is 1. The van der Waals surface area contributed by atoms with Gasteiger partial charge in [-0.2, -0.15) is 5.10 Å². The van der Waals surface area contributed by atoms with Crippen LogP contribution in [0.25, 0.3) is 11.8 Å². The number of rotatable bonds is 5. The molecule has 0 aliphatic carbocycles. The predicted octanol–water partition coefficient (Wildman–Crippen LogP) is 3.35. The second-order valence-electron chi connectivity index (χ2n) is 6.07. The Hall–Kier alpha value is -3.52. The van der Waals surface area contributed by atoms with Gasteiger partial charge in [0.15, 0.2) is 11.5 Å². The van der Waals surface area contributed by atoms with Crippen LogP contribution in [-0.2, 0) is 4.79 Å². The van der Waals surface area contributed by atoms with Gasteiger partial charge in [-0.05, 0) is 42.0 Å². The van der Waals surface area contributed by atoms with Crippen molar-refractivity contribution in [2.75, 3.05) is 25.6 Å². The lowest BCUT2D eigenvalue weighted by molar-refractivity contribution is -0.111. The molecule has 0 saturated carbocycles. The Morgan fingerprint density at radius 3 is 2.93 bits per heavy atom. The second kappa shape index (κ2) is 8.24. The SMILES string of the molecule is COc1cc(/C=C/C(=O)Nc2cc(Cl)ccc2-n2cncn2)cc2c1OCCO2. The first-order chi connectivity index (χ1) is 14.1. The van der Waals surface area contributed by atoms with E-state index in [4.69, 9.17) is 25.8 Å². The summed E-state index contributed by atoms with van der Waals surface area (Å²) in [5.74, 6) is 1.36. The summed E-state index contributed by atoms with van der Waals surface area (Å²) in [6.45, 7) is 0.929. The highest BCUT2D eigenvalue weighted by Gasteiger charge is 2.18. The number of methoxy groups -OCH3 is 1. The van der Waals surface area contributed by atoms with Crippen LogP contribution in [0, 0.1) is 0 Å². The maximum Gasteiger partial charge on any atom is 0.248 e. The molecular formula is C20H17ClN4O4. The molecule has 2 heterocycles. The van der Waals surface area contributed by atoms with E-state index in [1.807, 2.05) is 0 Å². The highest BCUT2D eigenvalue weighted by molar-refractivity contribution is 6.31. The molecule has 4 rings (SSSR count). The van der Waals surface area contributed by atoms with Crippen LogP contribution < -0.4 is 19.5 Å². The van der Waals surface area contributed by atoms with Crippen molar-refractivity contribution in [1.82, 2.24) is 14.8 Å². The van der Waals surface area contributed by atoms with Gasteiger partial charge in [-0.3, -0.25) is 4.79 Å². The van der Waals surface area contributed by atoms with Gasteiger partial charge in [-0.1, -0.05) is 11.6 Å². The molecule has 1 N–H and O–H groups in total. The number of fused-ring (bicyclic) bond motifs is 1. The number of carbonyl (C=O) groups excluding carboxylic acids is 1. The Kier molecular flexibility index (Phi) is 5.35. The molecule has 9 heteroatoms. The molecule has 0 saturated heterocycles. The van der Waals surface area contributed by atoms with Crippen LogP contribution in [0.2, 0.25) is 5.02 Å². The minimum Gasteiger partial charge on any atom is -0.493 e. The fourth-order valence-corrected chi connectivity index (χ4v) is 3.05. The van der Waals surface area contributed by atoms with Crippen molar-refractivity contribution in [3.8, 4) is 22.9 Å². The highest BCUT2D eigenvalue weighted by atomic mass is 35.5. The van der Waals surface area contributed by atoms with Gasteiger partial charge in [0, 0.05) is 11.1 Å². The number of amides is 1. The van der Waals surface area contributed by atoms with Crippen molar-refractivity contribution in [1.29, 1.82) is 0 Å². The Morgan fingerprint density at radius 2 is 2.14 bits per heavy atom. The molecule has 0 atom stereocenters. The third-order valence-electron chi connectivity index (χ3n) is 4.16. The summed E-state index contributed by atoms with van der Waals surface area (Å²) in [4.78, 5) is 16.4. The Bertz CT molecular complexity index is 1050. The van der Waals surface area contributed by atoms with Crippen LogP contribution in [0.5, 0.6) is 17.2 Å². The number of nitrogens with zero attached hydrogens (tertiary/aromatic N) is 3. The lowest BCUT2D eigenvalue weighted by Gasteiger charge is -2.20. The number of carbonyl (C=O) groups is 1. The third-order valence-corrected chi connectivity index (χ3v) is 4.39. The van der Waals surface area contributed by atoms with Gasteiger partial charge in [0.25, 0.3) is 0 Å². The zero-order chi connectivity index (χ0) is 20.2. The summed E-state index contributed by atoms with van der Waals surface area (Å²) in [6, 6.07) is 8.68. The summed E-state index contributed by atoms with van der Waals surface area (Å²) < 4.78 is 18.1. The van der Waals surface area contributed by atoms with Crippen molar-refractivity contribution in [3.05, 3.63) is 59.6 Å². The largest absolute Gasteiger partial charge is 0.493 e. The molecular weight excluding hydrogens is 396 g/mol. The van der Waals surface area contributed by atoms with E-state index in [-0.39, 0.29) is 5.91 Å². The maximum atomic E-state index is 12.5. The molecule has 3 aromatic rings. The molecule has 1 aliphatic heterocycles. The number of aromatic nitrogens is 3. The summed E-state index contributed by atoms with van der Waals surface area (Å²) >= 11 is 6.08. The van der Waals surface area contributed by atoms with Crippen LogP contribution in [0.3, 0.4) is 0 Å². The van der Waals surface area contributed by atoms with Crippen LogP contribution in [0.15, 0.2) is 49.1 Å². The summed E-state index contributed by atoms with van der Waals surface area (Å²) in [7, 11) is 1.55. The number of benzene rings is 2. The lowest BCUT2D eigenvalue weighted by Crippen LogP contribution is -2.16. The van der Waals surface area contributed by atoms with Gasteiger partial charge >= 0.3 is 0 Å². The van der Waals surface area contributed by atoms with Crippen molar-refractivity contribution in [2.45, 2.75) is 0 Å². The molecule has 148 valence electrons. The van der Waals surface area contributed by atoms with E-state index in [2.05, 4.69) is 15.4 Å². The number of nitrogens with one attached hydrogen (secondary N) is 1. The minimum atomic E-state index is -0.331. The number of ether oxygens (including phenoxy) is 3. The molecule has 2 aromatic carbocycles. The Morgan fingerprint density at radius 1 is 1.28 bits per heavy atom. The molecule has 0 unspecified atom stereocenters. The van der Waals surface area contributed by atoms with Crippen LogP contribution in [0.4, 0.5) is 5.69 Å². The average Bonchev–Trinajstić information content (AvgIpc) is 3.26. The normalized spacial score (nSPS) is 12.8. The van der Waals surface area contributed by atoms with E-state index in [9.17, 15) is 4.79 Å². The van der Waals surface area contributed by atoms with E-state index < -0.39 is 0 Å². The first-order valence-corrected chi connectivity index (χ1v) is 9.13. The average molecular weight is 413 g/mol. The van der Waals surface area contributed by atoms with Gasteiger partial charge in [0.1, 0.15) is 25.9 Å². The van der Waals surface area contributed by atoms with Crippen LogP contribution >= 0.6 is 11.6 Å². The van der Waals surface area contributed by atoms with Crippen LogP contribution in [0.1, 0.15) is 5.56 Å². The van der Waals surface area contributed by atoms with E-state index in [1.54, 1.807) is 48.2 Å². The lowest BCUT2D eigenvalue weighted by atomic mass is 10.1. The minimum absolute atomic E-state index is 0.331. The molecule has 1 aliphatic rings. The fourth-order valence-electron chi connectivity index (χ4n) is 2.88. The Balaban J connectivity index is 1.55. The van der Waals surface area contributed by atoms with Crippen molar-refractivity contribution in [3.63, 3.8) is 0 Å². The molecule has 0 fully saturated rings. The first kappa shape index (κ1) is 18.8. The van der Waals surface area contributed by atoms with Crippen LogP contribution in [-0.4, -0.2) is 41.0 Å². The van der Waals surface area contributed by atoms with E-state index in [1.165, 1.54) is 18.7 Å². The third kappa shape index (κ3) is 4.17. The van der Waals surface area contributed by atoms with Gasteiger partial charge in [-0.25, -0.2) is 9.67 Å². The van der Waals surface area contributed by atoms with E-state index in [0.717, 1.165) is 5.56 Å². The van der Waals surface area contributed by atoms with Gasteiger partial charge in [0.2, 0.25) is 11.7 Å². The van der Waals surface area contributed by atoms with Gasteiger partial charge in [-0.15, -0.1) is 0 Å². The summed E-state index contributed by atoms with van der Waals surface area (Å²) in [5, 5.41) is 7.40. The van der Waals surface area contributed by atoms with Crippen molar-refractivity contribution >= 4 is 29.3 Å². The quantitative estimate of drug-likeness (QED) is 0.646. The highest BCUT2D eigenvalue weighted by Crippen LogP contribution is 2.40. The monoisotopic (exact) mass is 412 g/mol. The molecule has 1 amide bonds. The smallest absolute Gasteiger partial charge is 0.248 e. The number of halogens is 1. The molecule has 0 spiro atoms. The Labute approximate surface area is 171 Å². The van der Waals surface area contributed by atoms with Crippen molar-refractivity contribution < 1.29 is 19.0 Å². The second-order valence-corrected chi connectivity index (χ2v) is 6.51. The number of hydrogen-bond donors (Lipinski definition) is 1. The fraction of sp³-hybridized carbons (Fsp3) is 0.150. The zero-order valence-corrected chi connectivity index (χ0v) is 16.2. The topological polar surface area (TPSA) is 87.5 Å². The standard InChI is InChI=1S/C20H17ClN4O4/c1-27-17-8-13(9-18-20(17)29-7-6-28-18)2-5-19(26)24-15-10-14(21)3-4-16(15)25-12-22-11-23-25/h2-5,8-12H,6-7H2,1H3,(H,24,26)/b5-2+. The molecule has 1 aromatic heterocycles. The molecule has 0 radical (unpaired) electrons. The molecule has 0 bridgehead atoms. The van der Waals surface area contributed by atoms with Gasteiger partial charge in [0.05, 0.1) is 18.5 Å². The van der Waals surface area contributed by atoms with Gasteiger partial charge < -0.3 is 19.5 Å². The zero-order valence-electron chi connectivity index (χ0n) is 15.5. The molecule has 8 nitrogen and oxygen atoms in total. The maximum absolute atomic E-state index is 12.5. The van der Waals surface area contributed by atoms with E-state index >= 15 is 0 Å². The van der Waals surface area contributed by atoms with E-state index in [0.29, 0.717) is 46.9 Å². The van der Waals surface area contributed by atoms with Crippen molar-refractivity contribution in [2.24, 2.45) is 0 Å². The predicted molar refractivity (Wildman–Crippen MR) is 108 cm³/mol. The molecule has 29 heavy (non-hydrogen) atoms. The summed E-state index contributed by atoms with van der Waals surface area (Å²) in [6.07, 6.45) is 6.03.